The summed E-state index contributed by atoms with van der Waals surface area (Å²) < 4.78 is 5.60. The van der Waals surface area contributed by atoms with Crippen LogP contribution in [0.5, 0.6) is 0 Å². The standard InChI is InChI=1S/C13H16N2OS/c1-9(2)8-17-13-15-14-12(16-13)11-6-4-10(3)5-7-11/h4-7,9H,8H2,1-3H3. The van der Waals surface area contributed by atoms with Crippen molar-refractivity contribution >= 4 is 11.8 Å². The topological polar surface area (TPSA) is 38.9 Å². The van der Waals surface area contributed by atoms with E-state index in [1.165, 1.54) is 5.56 Å². The first-order valence-electron chi connectivity index (χ1n) is 5.68. The molecule has 0 aliphatic rings. The predicted molar refractivity (Wildman–Crippen MR) is 70.0 cm³/mol. The Bertz CT molecular complexity index is 476. The third-order valence-electron chi connectivity index (χ3n) is 2.25. The monoisotopic (exact) mass is 248 g/mol. The highest BCUT2D eigenvalue weighted by atomic mass is 32.2. The van der Waals surface area contributed by atoms with E-state index in [0.29, 0.717) is 17.0 Å². The van der Waals surface area contributed by atoms with Gasteiger partial charge in [-0.15, -0.1) is 10.2 Å². The second kappa shape index (κ2) is 5.36. The Morgan fingerprint density at radius 3 is 2.53 bits per heavy atom. The first-order valence-corrected chi connectivity index (χ1v) is 6.67. The Kier molecular flexibility index (Phi) is 3.84. The van der Waals surface area contributed by atoms with Gasteiger partial charge in [0.2, 0.25) is 5.89 Å². The van der Waals surface area contributed by atoms with Crippen molar-refractivity contribution in [3.63, 3.8) is 0 Å². The van der Waals surface area contributed by atoms with Gasteiger partial charge in [-0.2, -0.15) is 0 Å². The van der Waals surface area contributed by atoms with Crippen LogP contribution in [0, 0.1) is 12.8 Å². The normalized spacial score (nSPS) is 11.1. The molecular weight excluding hydrogens is 232 g/mol. The summed E-state index contributed by atoms with van der Waals surface area (Å²) in [6, 6.07) is 8.08. The van der Waals surface area contributed by atoms with Crippen molar-refractivity contribution in [3.05, 3.63) is 29.8 Å². The Morgan fingerprint density at radius 2 is 1.88 bits per heavy atom. The van der Waals surface area contributed by atoms with Crippen molar-refractivity contribution < 1.29 is 4.42 Å². The van der Waals surface area contributed by atoms with Gasteiger partial charge in [0, 0.05) is 11.3 Å². The summed E-state index contributed by atoms with van der Waals surface area (Å²) in [5.74, 6) is 2.21. The largest absolute Gasteiger partial charge is 0.411 e. The van der Waals surface area contributed by atoms with E-state index in [1.54, 1.807) is 11.8 Å². The predicted octanol–water partition coefficient (Wildman–Crippen LogP) is 3.79. The molecule has 0 radical (unpaired) electrons. The fourth-order valence-corrected chi connectivity index (χ4v) is 2.03. The maximum absolute atomic E-state index is 5.60. The number of hydrogen-bond acceptors (Lipinski definition) is 4. The molecule has 2 aromatic rings. The average Bonchev–Trinajstić information content (AvgIpc) is 2.76. The molecule has 0 fully saturated rings. The van der Waals surface area contributed by atoms with Crippen molar-refractivity contribution in [2.24, 2.45) is 5.92 Å². The van der Waals surface area contributed by atoms with Gasteiger partial charge in [-0.25, -0.2) is 0 Å². The SMILES string of the molecule is Cc1ccc(-c2nnc(SCC(C)C)o2)cc1. The minimum Gasteiger partial charge on any atom is -0.411 e. The number of nitrogens with zero attached hydrogens (tertiary/aromatic N) is 2. The number of rotatable bonds is 4. The quantitative estimate of drug-likeness (QED) is 0.772. The van der Waals surface area contributed by atoms with Crippen LogP contribution in [-0.2, 0) is 0 Å². The van der Waals surface area contributed by atoms with Crippen LogP contribution in [0.25, 0.3) is 11.5 Å². The van der Waals surface area contributed by atoms with Crippen LogP contribution in [0.4, 0.5) is 0 Å². The van der Waals surface area contributed by atoms with Gasteiger partial charge in [-0.3, -0.25) is 0 Å². The summed E-state index contributed by atoms with van der Waals surface area (Å²) in [4.78, 5) is 0. The molecule has 1 heterocycles. The molecule has 0 spiro atoms. The zero-order valence-electron chi connectivity index (χ0n) is 10.3. The molecule has 0 unspecified atom stereocenters. The molecule has 0 aliphatic heterocycles. The molecule has 17 heavy (non-hydrogen) atoms. The van der Waals surface area contributed by atoms with E-state index >= 15 is 0 Å². The maximum Gasteiger partial charge on any atom is 0.276 e. The lowest BCUT2D eigenvalue weighted by Gasteiger charge is -1.99. The van der Waals surface area contributed by atoms with Gasteiger partial charge in [0.25, 0.3) is 5.22 Å². The first kappa shape index (κ1) is 12.2. The lowest BCUT2D eigenvalue weighted by Crippen LogP contribution is -1.89. The van der Waals surface area contributed by atoms with Crippen LogP contribution in [0.2, 0.25) is 0 Å². The molecule has 0 atom stereocenters. The number of benzene rings is 1. The summed E-state index contributed by atoms with van der Waals surface area (Å²) in [6.07, 6.45) is 0. The second-order valence-corrected chi connectivity index (χ2v) is 5.42. The molecule has 0 saturated heterocycles. The number of thioether (sulfide) groups is 1. The van der Waals surface area contributed by atoms with E-state index in [2.05, 4.69) is 31.0 Å². The van der Waals surface area contributed by atoms with Gasteiger partial charge in [0.1, 0.15) is 0 Å². The number of aryl methyl sites for hydroxylation is 1. The highest BCUT2D eigenvalue weighted by Crippen LogP contribution is 2.24. The summed E-state index contributed by atoms with van der Waals surface area (Å²) in [7, 11) is 0. The third-order valence-corrected chi connectivity index (χ3v) is 3.49. The van der Waals surface area contributed by atoms with Crippen molar-refractivity contribution in [2.45, 2.75) is 26.0 Å². The number of hydrogen-bond donors (Lipinski definition) is 0. The van der Waals surface area contributed by atoms with Crippen LogP contribution < -0.4 is 0 Å². The van der Waals surface area contributed by atoms with Gasteiger partial charge >= 0.3 is 0 Å². The molecule has 2 rings (SSSR count). The summed E-state index contributed by atoms with van der Waals surface area (Å²) >= 11 is 1.61. The van der Waals surface area contributed by atoms with Crippen LogP contribution in [0.1, 0.15) is 19.4 Å². The minimum absolute atomic E-state index is 0.594. The van der Waals surface area contributed by atoms with E-state index in [-0.39, 0.29) is 0 Å². The lowest BCUT2D eigenvalue weighted by atomic mass is 10.1. The van der Waals surface area contributed by atoms with Crippen molar-refractivity contribution in [3.8, 4) is 11.5 Å². The molecule has 0 aliphatic carbocycles. The van der Waals surface area contributed by atoms with Crippen LogP contribution >= 0.6 is 11.8 Å². The molecular formula is C13H16N2OS. The van der Waals surface area contributed by atoms with Gasteiger partial charge < -0.3 is 4.42 Å². The zero-order chi connectivity index (χ0) is 12.3. The Labute approximate surface area is 106 Å². The lowest BCUT2D eigenvalue weighted by molar-refractivity contribution is 0.465. The zero-order valence-corrected chi connectivity index (χ0v) is 11.1. The van der Waals surface area contributed by atoms with E-state index in [0.717, 1.165) is 11.3 Å². The van der Waals surface area contributed by atoms with Gasteiger partial charge in [0.15, 0.2) is 0 Å². The van der Waals surface area contributed by atoms with Crippen LogP contribution in [0.15, 0.2) is 33.9 Å². The first-order chi connectivity index (χ1) is 8.15. The summed E-state index contributed by atoms with van der Waals surface area (Å²) in [6.45, 7) is 6.40. The Balaban J connectivity index is 2.10. The molecule has 1 aromatic heterocycles. The molecule has 0 amide bonds. The van der Waals surface area contributed by atoms with E-state index in [1.807, 2.05) is 24.3 Å². The van der Waals surface area contributed by atoms with E-state index < -0.39 is 0 Å². The smallest absolute Gasteiger partial charge is 0.276 e. The van der Waals surface area contributed by atoms with Crippen molar-refractivity contribution in [1.29, 1.82) is 0 Å². The average molecular weight is 248 g/mol. The van der Waals surface area contributed by atoms with Gasteiger partial charge in [-0.1, -0.05) is 43.3 Å². The highest BCUT2D eigenvalue weighted by Gasteiger charge is 2.09. The second-order valence-electron chi connectivity index (χ2n) is 4.44. The van der Waals surface area contributed by atoms with Gasteiger partial charge in [-0.05, 0) is 25.0 Å². The number of aromatic nitrogens is 2. The van der Waals surface area contributed by atoms with E-state index in [9.17, 15) is 0 Å². The van der Waals surface area contributed by atoms with Crippen molar-refractivity contribution in [2.75, 3.05) is 5.75 Å². The molecule has 3 nitrogen and oxygen atoms in total. The van der Waals surface area contributed by atoms with E-state index in [4.69, 9.17) is 4.42 Å². The minimum atomic E-state index is 0.594. The molecule has 1 aromatic carbocycles. The Hall–Kier alpha value is -1.29. The summed E-state index contributed by atoms with van der Waals surface area (Å²) in [5.41, 5.74) is 2.20. The highest BCUT2D eigenvalue weighted by molar-refractivity contribution is 7.99. The van der Waals surface area contributed by atoms with Gasteiger partial charge in [0.05, 0.1) is 0 Å². The molecule has 0 bridgehead atoms. The fraction of sp³-hybridized carbons (Fsp3) is 0.385. The fourth-order valence-electron chi connectivity index (χ4n) is 1.32. The molecule has 0 N–H and O–H groups in total. The van der Waals surface area contributed by atoms with Crippen molar-refractivity contribution in [1.82, 2.24) is 10.2 Å². The molecule has 4 heteroatoms. The van der Waals surface area contributed by atoms with Crippen LogP contribution in [-0.4, -0.2) is 16.0 Å². The third kappa shape index (κ3) is 3.33. The maximum atomic E-state index is 5.60. The Morgan fingerprint density at radius 1 is 1.18 bits per heavy atom. The van der Waals surface area contributed by atoms with Crippen LogP contribution in [0.3, 0.4) is 0 Å². The molecule has 90 valence electrons. The summed E-state index contributed by atoms with van der Waals surface area (Å²) in [5, 5.41) is 8.74. The molecule has 0 saturated carbocycles.